The number of nitrogens with zero attached hydrogens (tertiary/aromatic N) is 3. The molecule has 0 radical (unpaired) electrons. The Morgan fingerprint density at radius 2 is 2.33 bits per heavy atom. The Balaban J connectivity index is 1.93. The molecule has 2 aromatic rings. The van der Waals surface area contributed by atoms with Crippen molar-refractivity contribution in [1.82, 2.24) is 20.3 Å². The van der Waals surface area contributed by atoms with Crippen LogP contribution < -0.4 is 5.32 Å². The number of halogens is 2. The summed E-state index contributed by atoms with van der Waals surface area (Å²) >= 11 is 9.31. The van der Waals surface area contributed by atoms with Crippen LogP contribution in [0.5, 0.6) is 0 Å². The van der Waals surface area contributed by atoms with Crippen LogP contribution in [-0.4, -0.2) is 27.4 Å². The molecule has 18 heavy (non-hydrogen) atoms. The summed E-state index contributed by atoms with van der Waals surface area (Å²) in [7, 11) is 0. The van der Waals surface area contributed by atoms with Crippen LogP contribution in [0.4, 0.5) is 0 Å². The van der Waals surface area contributed by atoms with E-state index in [2.05, 4.69) is 31.6 Å². The number of hydrogen-bond donors (Lipinski definition) is 1. The maximum Gasteiger partial charge on any atom is 0.252 e. The minimum atomic E-state index is -0.207. The van der Waals surface area contributed by atoms with Crippen LogP contribution in [0.2, 0.25) is 5.02 Å². The second kappa shape index (κ2) is 5.97. The van der Waals surface area contributed by atoms with Gasteiger partial charge in [0.2, 0.25) is 0 Å². The molecule has 0 spiro atoms. The number of nitrogens with one attached hydrogen (secondary N) is 1. The second-order valence-electron chi connectivity index (χ2n) is 3.52. The zero-order chi connectivity index (χ0) is 13.0. The predicted molar refractivity (Wildman–Crippen MR) is 71.5 cm³/mol. The molecule has 1 N–H and O–H groups in total. The molecule has 0 saturated heterocycles. The summed E-state index contributed by atoms with van der Waals surface area (Å²) in [6, 6.07) is 5.23. The van der Waals surface area contributed by atoms with E-state index in [1.165, 1.54) is 0 Å². The minimum absolute atomic E-state index is 0.207. The summed E-state index contributed by atoms with van der Waals surface area (Å²) in [6.07, 6.45) is 3.32. The highest BCUT2D eigenvalue weighted by Crippen LogP contribution is 2.25. The Hall–Kier alpha value is -1.40. The van der Waals surface area contributed by atoms with Gasteiger partial charge in [0, 0.05) is 17.2 Å². The number of aromatic nitrogens is 3. The Labute approximate surface area is 117 Å². The first-order valence-electron chi connectivity index (χ1n) is 5.25. The maximum atomic E-state index is 11.9. The topological polar surface area (TPSA) is 59.8 Å². The summed E-state index contributed by atoms with van der Waals surface area (Å²) in [4.78, 5) is 11.9. The average molecular weight is 330 g/mol. The van der Waals surface area contributed by atoms with Gasteiger partial charge in [-0.25, -0.2) is 0 Å². The lowest BCUT2D eigenvalue weighted by Crippen LogP contribution is -2.27. The van der Waals surface area contributed by atoms with E-state index in [4.69, 9.17) is 11.6 Å². The summed E-state index contributed by atoms with van der Waals surface area (Å²) in [5, 5.41) is 10.7. The molecule has 94 valence electrons. The van der Waals surface area contributed by atoms with E-state index in [9.17, 15) is 4.79 Å². The third-order valence-electron chi connectivity index (χ3n) is 2.29. The Bertz CT molecular complexity index is 544. The van der Waals surface area contributed by atoms with Crippen LogP contribution in [0.25, 0.3) is 0 Å². The summed E-state index contributed by atoms with van der Waals surface area (Å²) in [6.45, 7) is 1.03. The smallest absolute Gasteiger partial charge is 0.252 e. The average Bonchev–Trinajstić information content (AvgIpc) is 2.85. The van der Waals surface area contributed by atoms with Crippen LogP contribution in [0, 0.1) is 0 Å². The highest BCUT2D eigenvalue weighted by Gasteiger charge is 2.11. The fraction of sp³-hybridized carbons (Fsp3) is 0.182. The monoisotopic (exact) mass is 328 g/mol. The SMILES string of the molecule is O=C(NCCn1ccnn1)c1cccc(Br)c1Cl. The first-order valence-corrected chi connectivity index (χ1v) is 6.42. The van der Waals surface area contributed by atoms with Gasteiger partial charge in [-0.3, -0.25) is 9.48 Å². The third-order valence-corrected chi connectivity index (χ3v) is 3.59. The minimum Gasteiger partial charge on any atom is -0.350 e. The summed E-state index contributed by atoms with van der Waals surface area (Å²) < 4.78 is 2.34. The third kappa shape index (κ3) is 3.08. The van der Waals surface area contributed by atoms with Gasteiger partial charge >= 0.3 is 0 Å². The van der Waals surface area contributed by atoms with Crippen molar-refractivity contribution in [1.29, 1.82) is 0 Å². The normalized spacial score (nSPS) is 10.3. The highest BCUT2D eigenvalue weighted by atomic mass is 79.9. The van der Waals surface area contributed by atoms with E-state index in [-0.39, 0.29) is 5.91 Å². The highest BCUT2D eigenvalue weighted by molar-refractivity contribution is 9.10. The molecule has 0 bridgehead atoms. The molecular formula is C11H10BrClN4O. The van der Waals surface area contributed by atoms with Gasteiger partial charge in [-0.1, -0.05) is 22.9 Å². The van der Waals surface area contributed by atoms with Crippen molar-refractivity contribution in [2.45, 2.75) is 6.54 Å². The molecule has 1 aromatic heterocycles. The standard InChI is InChI=1S/C11H10BrClN4O/c12-9-3-1-2-8(10(9)13)11(18)14-4-6-17-7-5-15-16-17/h1-3,5,7H,4,6H2,(H,14,18). The van der Waals surface area contributed by atoms with Crippen LogP contribution in [0.15, 0.2) is 35.1 Å². The largest absolute Gasteiger partial charge is 0.350 e. The van der Waals surface area contributed by atoms with Crippen molar-refractivity contribution in [3.05, 3.63) is 45.7 Å². The van der Waals surface area contributed by atoms with E-state index >= 15 is 0 Å². The van der Waals surface area contributed by atoms with Crippen molar-refractivity contribution in [2.75, 3.05) is 6.54 Å². The molecule has 0 saturated carbocycles. The zero-order valence-corrected chi connectivity index (χ0v) is 11.6. The molecule has 0 aliphatic carbocycles. The van der Waals surface area contributed by atoms with Gasteiger partial charge in [0.25, 0.3) is 5.91 Å². The van der Waals surface area contributed by atoms with E-state index in [1.807, 2.05) is 0 Å². The van der Waals surface area contributed by atoms with Gasteiger partial charge in [0.15, 0.2) is 0 Å². The quantitative estimate of drug-likeness (QED) is 0.935. The molecule has 0 aliphatic rings. The number of rotatable bonds is 4. The molecule has 0 atom stereocenters. The fourth-order valence-corrected chi connectivity index (χ4v) is 1.99. The van der Waals surface area contributed by atoms with Crippen LogP contribution >= 0.6 is 27.5 Å². The van der Waals surface area contributed by atoms with Gasteiger partial charge in [0.1, 0.15) is 0 Å². The molecule has 0 aliphatic heterocycles. The lowest BCUT2D eigenvalue weighted by molar-refractivity contribution is 0.0952. The molecule has 5 nitrogen and oxygen atoms in total. The predicted octanol–water partition coefficient (Wildman–Crippen LogP) is 2.12. The van der Waals surface area contributed by atoms with E-state index in [1.54, 1.807) is 35.3 Å². The molecule has 1 heterocycles. The molecule has 1 aromatic carbocycles. The molecule has 7 heteroatoms. The van der Waals surface area contributed by atoms with Gasteiger partial charge in [-0.2, -0.15) is 0 Å². The molecular weight excluding hydrogens is 320 g/mol. The summed E-state index contributed by atoms with van der Waals surface area (Å²) in [5.74, 6) is -0.207. The molecule has 2 rings (SSSR count). The van der Waals surface area contributed by atoms with Gasteiger partial charge in [0.05, 0.1) is 23.3 Å². The number of amides is 1. The lowest BCUT2D eigenvalue weighted by atomic mass is 10.2. The first-order chi connectivity index (χ1) is 8.68. The maximum absolute atomic E-state index is 11.9. The first kappa shape index (κ1) is 13.0. The van der Waals surface area contributed by atoms with Crippen molar-refractivity contribution in [3.63, 3.8) is 0 Å². The van der Waals surface area contributed by atoms with Gasteiger partial charge in [-0.15, -0.1) is 5.10 Å². The van der Waals surface area contributed by atoms with E-state index < -0.39 is 0 Å². The molecule has 1 amide bonds. The number of carbonyl (C=O) groups is 1. The second-order valence-corrected chi connectivity index (χ2v) is 4.76. The van der Waals surface area contributed by atoms with Crippen LogP contribution in [0.1, 0.15) is 10.4 Å². The Kier molecular flexibility index (Phi) is 4.33. The van der Waals surface area contributed by atoms with Crippen molar-refractivity contribution in [3.8, 4) is 0 Å². The zero-order valence-electron chi connectivity index (χ0n) is 9.31. The van der Waals surface area contributed by atoms with Crippen molar-refractivity contribution in [2.24, 2.45) is 0 Å². The van der Waals surface area contributed by atoms with Crippen LogP contribution in [0.3, 0.4) is 0 Å². The van der Waals surface area contributed by atoms with Crippen molar-refractivity contribution < 1.29 is 4.79 Å². The van der Waals surface area contributed by atoms with Crippen molar-refractivity contribution >= 4 is 33.4 Å². The Morgan fingerprint density at radius 1 is 1.50 bits per heavy atom. The number of benzene rings is 1. The van der Waals surface area contributed by atoms with E-state index in [0.717, 1.165) is 0 Å². The van der Waals surface area contributed by atoms with Gasteiger partial charge in [-0.05, 0) is 28.1 Å². The van der Waals surface area contributed by atoms with Crippen LogP contribution in [-0.2, 0) is 6.54 Å². The van der Waals surface area contributed by atoms with Gasteiger partial charge < -0.3 is 5.32 Å². The summed E-state index contributed by atoms with van der Waals surface area (Å²) in [5.41, 5.74) is 0.449. The number of hydrogen-bond acceptors (Lipinski definition) is 3. The van der Waals surface area contributed by atoms with E-state index in [0.29, 0.717) is 28.1 Å². The molecule has 0 unspecified atom stereocenters. The Morgan fingerprint density at radius 3 is 3.06 bits per heavy atom. The number of carbonyl (C=O) groups excluding carboxylic acids is 1. The molecule has 0 fully saturated rings. The lowest BCUT2D eigenvalue weighted by Gasteiger charge is -2.07. The fourth-order valence-electron chi connectivity index (χ4n) is 1.41.